The van der Waals surface area contributed by atoms with E-state index in [4.69, 9.17) is 21.1 Å². The Kier molecular flexibility index (Phi) is 11.1. The second-order valence-corrected chi connectivity index (χ2v) is 3.40. The number of aliphatic hydroxyl groups excluding tert-OH is 1. The lowest BCUT2D eigenvalue weighted by molar-refractivity contribution is -0.139. The van der Waals surface area contributed by atoms with E-state index in [1.54, 1.807) is 0 Å². The van der Waals surface area contributed by atoms with Gasteiger partial charge in [-0.1, -0.05) is 0 Å². The molecule has 0 fully saturated rings. The fraction of sp³-hybridized carbons (Fsp3) is 0.778. The molecule has 0 rings (SSSR count). The smallest absolute Gasteiger partial charge is 0.320 e. The van der Waals surface area contributed by atoms with Crippen molar-refractivity contribution in [3.8, 4) is 0 Å². The number of carboxylic acids is 2. The first kappa shape index (κ1) is 17.2. The molecule has 0 heterocycles. The second kappa shape index (κ2) is 10.3. The maximum Gasteiger partial charge on any atom is 0.320 e. The summed E-state index contributed by atoms with van der Waals surface area (Å²) in [7, 11) is 3.85. The maximum absolute atomic E-state index is 9.99. The van der Waals surface area contributed by atoms with E-state index in [0.717, 1.165) is 6.54 Å². The van der Waals surface area contributed by atoms with Crippen LogP contribution in [0.1, 0.15) is 12.8 Å². The van der Waals surface area contributed by atoms with E-state index in [-0.39, 0.29) is 19.4 Å². The molecule has 0 saturated carbocycles. The van der Waals surface area contributed by atoms with Gasteiger partial charge in [-0.05, 0) is 20.5 Å². The minimum atomic E-state index is -1.17. The monoisotopic (exact) mass is 236 g/mol. The molecule has 96 valence electrons. The van der Waals surface area contributed by atoms with Crippen molar-refractivity contribution in [3.63, 3.8) is 0 Å². The van der Waals surface area contributed by atoms with Gasteiger partial charge in [-0.3, -0.25) is 9.59 Å². The molecule has 0 aliphatic rings. The largest absolute Gasteiger partial charge is 0.481 e. The Labute approximate surface area is 94.5 Å². The fourth-order valence-corrected chi connectivity index (χ4v) is 0.602. The molecule has 0 aromatic carbocycles. The van der Waals surface area contributed by atoms with Gasteiger partial charge < -0.3 is 26.0 Å². The summed E-state index contributed by atoms with van der Waals surface area (Å²) in [5.41, 5.74) is 5.00. The Bertz CT molecular complexity index is 208. The summed E-state index contributed by atoms with van der Waals surface area (Å²) in [4.78, 5) is 21.8. The zero-order chi connectivity index (χ0) is 13.1. The third-order valence-electron chi connectivity index (χ3n) is 1.53. The Morgan fingerprint density at radius 1 is 1.31 bits per heavy atom. The van der Waals surface area contributed by atoms with Crippen LogP contribution in [-0.2, 0) is 9.59 Å². The normalized spacial score (nSPS) is 11.6. The fourth-order valence-electron chi connectivity index (χ4n) is 0.602. The van der Waals surface area contributed by atoms with Crippen LogP contribution in [0.3, 0.4) is 0 Å². The minimum absolute atomic E-state index is 0.0231. The second-order valence-electron chi connectivity index (χ2n) is 3.40. The van der Waals surface area contributed by atoms with Gasteiger partial charge in [-0.25, -0.2) is 0 Å². The van der Waals surface area contributed by atoms with Gasteiger partial charge in [0.2, 0.25) is 0 Å². The molecule has 0 unspecified atom stereocenters. The summed E-state index contributed by atoms with van der Waals surface area (Å²) in [6.45, 7) is 1.02. The molecule has 1 atom stereocenters. The van der Waals surface area contributed by atoms with E-state index < -0.39 is 18.0 Å². The van der Waals surface area contributed by atoms with E-state index in [1.807, 2.05) is 19.0 Å². The summed E-state index contributed by atoms with van der Waals surface area (Å²) in [5, 5.41) is 24.5. The predicted molar refractivity (Wildman–Crippen MR) is 58.1 cm³/mol. The van der Waals surface area contributed by atoms with E-state index >= 15 is 0 Å². The molecule has 0 saturated heterocycles. The molecule has 0 amide bonds. The van der Waals surface area contributed by atoms with Crippen molar-refractivity contribution in [3.05, 3.63) is 0 Å². The zero-order valence-electron chi connectivity index (χ0n) is 9.59. The lowest BCUT2D eigenvalue weighted by atomic mass is 10.2. The van der Waals surface area contributed by atoms with Crippen LogP contribution in [0.4, 0.5) is 0 Å². The quantitative estimate of drug-likeness (QED) is 0.456. The van der Waals surface area contributed by atoms with Crippen LogP contribution < -0.4 is 5.73 Å². The number of hydrogen-bond donors (Lipinski definition) is 4. The first-order valence-corrected chi connectivity index (χ1v) is 4.77. The van der Waals surface area contributed by atoms with Gasteiger partial charge in [-0.15, -0.1) is 0 Å². The summed E-state index contributed by atoms with van der Waals surface area (Å²) in [5.74, 6) is -2.20. The Morgan fingerprint density at radius 2 is 1.81 bits per heavy atom. The van der Waals surface area contributed by atoms with Crippen molar-refractivity contribution in [2.75, 3.05) is 27.2 Å². The van der Waals surface area contributed by atoms with Gasteiger partial charge in [0.25, 0.3) is 0 Å². The van der Waals surface area contributed by atoms with Crippen molar-refractivity contribution in [2.24, 2.45) is 5.73 Å². The van der Waals surface area contributed by atoms with Gasteiger partial charge >= 0.3 is 11.9 Å². The predicted octanol–water partition coefficient (Wildman–Crippen LogP) is -1.20. The summed E-state index contributed by atoms with van der Waals surface area (Å²) in [6.07, 6.45) is -0.224. The Morgan fingerprint density at radius 3 is 2.00 bits per heavy atom. The number of aliphatic carboxylic acids is 2. The van der Waals surface area contributed by atoms with Gasteiger partial charge in [0, 0.05) is 13.0 Å². The lowest BCUT2D eigenvalue weighted by Gasteiger charge is -2.03. The first-order chi connectivity index (χ1) is 7.31. The van der Waals surface area contributed by atoms with Crippen LogP contribution in [0.15, 0.2) is 0 Å². The number of nitrogens with two attached hydrogens (primary N) is 1. The van der Waals surface area contributed by atoms with Crippen LogP contribution in [0.5, 0.6) is 0 Å². The molecule has 5 N–H and O–H groups in total. The van der Waals surface area contributed by atoms with E-state index in [9.17, 15) is 9.59 Å². The topological polar surface area (TPSA) is 124 Å². The highest BCUT2D eigenvalue weighted by Gasteiger charge is 2.12. The first-order valence-electron chi connectivity index (χ1n) is 4.77. The molecular weight excluding hydrogens is 216 g/mol. The van der Waals surface area contributed by atoms with Gasteiger partial charge in [-0.2, -0.15) is 0 Å². The molecule has 0 bridgehead atoms. The molecule has 0 aromatic rings. The van der Waals surface area contributed by atoms with E-state index in [2.05, 4.69) is 0 Å². The van der Waals surface area contributed by atoms with Gasteiger partial charge in [0.15, 0.2) is 0 Å². The number of hydrogen-bond acceptors (Lipinski definition) is 5. The SMILES string of the molecule is CN(C)CCO.N[C@@H](CCC(=O)O)C(=O)O. The zero-order valence-corrected chi connectivity index (χ0v) is 9.59. The van der Waals surface area contributed by atoms with Crippen LogP contribution in [0, 0.1) is 0 Å². The number of nitrogens with zero attached hydrogens (tertiary/aromatic N) is 1. The maximum atomic E-state index is 9.99. The molecule has 0 aromatic heterocycles. The molecule has 7 heteroatoms. The van der Waals surface area contributed by atoms with Crippen molar-refractivity contribution >= 4 is 11.9 Å². The molecule has 0 aliphatic carbocycles. The van der Waals surface area contributed by atoms with Crippen LogP contribution in [0.25, 0.3) is 0 Å². The van der Waals surface area contributed by atoms with Crippen molar-refractivity contribution in [1.29, 1.82) is 0 Å². The summed E-state index contributed by atoms with van der Waals surface area (Å²) >= 11 is 0. The number of likely N-dealkylation sites (N-methyl/N-ethyl adjacent to an activating group) is 1. The minimum Gasteiger partial charge on any atom is -0.481 e. The average Bonchev–Trinajstić information content (AvgIpc) is 2.14. The lowest BCUT2D eigenvalue weighted by Crippen LogP contribution is -2.30. The molecule has 16 heavy (non-hydrogen) atoms. The van der Waals surface area contributed by atoms with Crippen molar-refractivity contribution < 1.29 is 24.9 Å². The Balaban J connectivity index is 0. The van der Waals surface area contributed by atoms with Gasteiger partial charge in [0.1, 0.15) is 6.04 Å². The van der Waals surface area contributed by atoms with Crippen LogP contribution >= 0.6 is 0 Å². The number of carboxylic acid groups (broad SMARTS) is 2. The van der Waals surface area contributed by atoms with Crippen LogP contribution in [-0.4, -0.2) is 65.4 Å². The number of rotatable bonds is 6. The van der Waals surface area contributed by atoms with Gasteiger partial charge in [0.05, 0.1) is 6.61 Å². The highest BCUT2D eigenvalue weighted by atomic mass is 16.4. The van der Waals surface area contributed by atoms with Crippen molar-refractivity contribution in [1.82, 2.24) is 4.90 Å². The molecule has 0 aliphatic heterocycles. The molecule has 0 radical (unpaired) electrons. The van der Waals surface area contributed by atoms with E-state index in [0.29, 0.717) is 0 Å². The van der Waals surface area contributed by atoms with E-state index in [1.165, 1.54) is 0 Å². The third kappa shape index (κ3) is 15.3. The Hall–Kier alpha value is -1.18. The third-order valence-corrected chi connectivity index (χ3v) is 1.53. The average molecular weight is 236 g/mol. The highest BCUT2D eigenvalue weighted by Crippen LogP contribution is 1.93. The molecular formula is C9H20N2O5. The summed E-state index contributed by atoms with van der Waals surface area (Å²) in [6, 6.07) is -1.06. The number of aliphatic hydroxyl groups is 1. The van der Waals surface area contributed by atoms with Crippen molar-refractivity contribution in [2.45, 2.75) is 18.9 Å². The number of carbonyl (C=O) groups is 2. The van der Waals surface area contributed by atoms with Crippen LogP contribution in [0.2, 0.25) is 0 Å². The summed E-state index contributed by atoms with van der Waals surface area (Å²) < 4.78 is 0. The standard InChI is InChI=1S/C5H9NO4.C4H11NO/c6-3(5(9)10)1-2-4(7)8;1-5(2)3-4-6/h3H,1-2,6H2,(H,7,8)(H,9,10);6H,3-4H2,1-2H3/t3-;/m0./s1. The molecule has 0 spiro atoms. The highest BCUT2D eigenvalue weighted by molar-refractivity contribution is 5.74. The molecule has 7 nitrogen and oxygen atoms in total.